The molecule has 17 heavy (non-hydrogen) atoms. The molecule has 1 aromatic heterocycles. The van der Waals surface area contributed by atoms with Gasteiger partial charge < -0.3 is 9.88 Å². The van der Waals surface area contributed by atoms with Gasteiger partial charge in [0.25, 0.3) is 5.56 Å². The molecule has 1 saturated carbocycles. The van der Waals surface area contributed by atoms with Crippen LogP contribution in [0.2, 0.25) is 0 Å². The van der Waals surface area contributed by atoms with Gasteiger partial charge in [0.2, 0.25) is 0 Å². The van der Waals surface area contributed by atoms with Crippen LogP contribution in [0.3, 0.4) is 0 Å². The van der Waals surface area contributed by atoms with E-state index < -0.39 is 0 Å². The second-order valence-electron chi connectivity index (χ2n) is 4.59. The van der Waals surface area contributed by atoms with Crippen LogP contribution < -0.4 is 10.9 Å². The zero-order chi connectivity index (χ0) is 12.1. The van der Waals surface area contributed by atoms with Gasteiger partial charge in [0, 0.05) is 36.8 Å². The molecule has 0 aromatic carbocycles. The van der Waals surface area contributed by atoms with Crippen LogP contribution in [0, 0.1) is 0 Å². The molecule has 0 spiro atoms. The van der Waals surface area contributed by atoms with Crippen LogP contribution in [-0.4, -0.2) is 22.5 Å². The van der Waals surface area contributed by atoms with Crippen molar-refractivity contribution in [3.05, 3.63) is 34.7 Å². The molecule has 1 fully saturated rings. The van der Waals surface area contributed by atoms with Gasteiger partial charge in [0.15, 0.2) is 0 Å². The fourth-order valence-electron chi connectivity index (χ4n) is 2.33. The molecule has 94 valence electrons. The summed E-state index contributed by atoms with van der Waals surface area (Å²) in [7, 11) is 0. The Kier molecular flexibility index (Phi) is 4.63. The lowest BCUT2D eigenvalue weighted by molar-refractivity contribution is 0.373. The van der Waals surface area contributed by atoms with Crippen molar-refractivity contribution in [2.24, 2.45) is 0 Å². The number of aromatic nitrogens is 1. The molecule has 0 amide bonds. The lowest BCUT2D eigenvalue weighted by Crippen LogP contribution is -2.41. The van der Waals surface area contributed by atoms with Gasteiger partial charge in [-0.25, -0.2) is 0 Å². The number of halogens is 1. The summed E-state index contributed by atoms with van der Waals surface area (Å²) >= 11 is 6.26. The van der Waals surface area contributed by atoms with Crippen LogP contribution in [0.4, 0.5) is 0 Å². The van der Waals surface area contributed by atoms with E-state index in [1.54, 1.807) is 16.7 Å². The van der Waals surface area contributed by atoms with E-state index in [1.807, 2.05) is 12.3 Å². The van der Waals surface area contributed by atoms with Crippen molar-refractivity contribution >= 4 is 11.6 Å². The summed E-state index contributed by atoms with van der Waals surface area (Å²) in [5.41, 5.74) is 0.0559. The summed E-state index contributed by atoms with van der Waals surface area (Å²) in [5.74, 6) is 0. The van der Waals surface area contributed by atoms with Gasteiger partial charge in [-0.15, -0.1) is 11.6 Å². The Labute approximate surface area is 107 Å². The lowest BCUT2D eigenvalue weighted by atomic mass is 9.95. The zero-order valence-electron chi connectivity index (χ0n) is 9.94. The third-order valence-electron chi connectivity index (χ3n) is 3.34. The first kappa shape index (κ1) is 12.7. The molecule has 0 aliphatic heterocycles. The summed E-state index contributed by atoms with van der Waals surface area (Å²) in [5, 5.41) is 3.70. The zero-order valence-corrected chi connectivity index (χ0v) is 10.7. The molecule has 2 rings (SSSR count). The number of nitrogens with zero attached hydrogens (tertiary/aromatic N) is 1. The standard InChI is InChI=1S/C13H19ClN2O/c14-11-5-1-2-6-12(11)15-8-10-16-9-4-3-7-13(16)17/h3-4,7,9,11-12,15H,1-2,5-6,8,10H2. The number of alkyl halides is 1. The maximum atomic E-state index is 11.5. The van der Waals surface area contributed by atoms with E-state index in [0.29, 0.717) is 12.6 Å². The average Bonchev–Trinajstić information content (AvgIpc) is 2.34. The molecule has 2 atom stereocenters. The van der Waals surface area contributed by atoms with Crippen LogP contribution >= 0.6 is 11.6 Å². The van der Waals surface area contributed by atoms with Gasteiger partial charge in [0.05, 0.1) is 0 Å². The summed E-state index contributed by atoms with van der Waals surface area (Å²) in [6.45, 7) is 1.51. The van der Waals surface area contributed by atoms with E-state index in [1.165, 1.54) is 12.8 Å². The first-order chi connectivity index (χ1) is 8.27. The van der Waals surface area contributed by atoms with Gasteiger partial charge in [-0.1, -0.05) is 18.9 Å². The first-order valence-corrected chi connectivity index (χ1v) is 6.74. The highest BCUT2D eigenvalue weighted by Gasteiger charge is 2.21. The largest absolute Gasteiger partial charge is 0.314 e. The Bertz CT molecular complexity index is 404. The summed E-state index contributed by atoms with van der Waals surface area (Å²) in [6.07, 6.45) is 6.57. The summed E-state index contributed by atoms with van der Waals surface area (Å²) in [6, 6.07) is 5.64. The Balaban J connectivity index is 1.79. The second-order valence-corrected chi connectivity index (χ2v) is 5.15. The molecule has 1 heterocycles. The smallest absolute Gasteiger partial charge is 0.250 e. The summed E-state index contributed by atoms with van der Waals surface area (Å²) in [4.78, 5) is 11.5. The number of hydrogen-bond donors (Lipinski definition) is 1. The van der Waals surface area contributed by atoms with E-state index in [-0.39, 0.29) is 10.9 Å². The fourth-order valence-corrected chi connectivity index (χ4v) is 2.70. The molecule has 0 saturated heterocycles. The quantitative estimate of drug-likeness (QED) is 0.834. The highest BCUT2D eigenvalue weighted by molar-refractivity contribution is 6.21. The lowest BCUT2D eigenvalue weighted by Gasteiger charge is -2.28. The molecule has 2 unspecified atom stereocenters. The molecule has 0 bridgehead atoms. The molecular weight excluding hydrogens is 236 g/mol. The number of nitrogens with one attached hydrogen (secondary N) is 1. The van der Waals surface area contributed by atoms with Crippen LogP contribution in [0.25, 0.3) is 0 Å². The van der Waals surface area contributed by atoms with Gasteiger partial charge in [-0.05, 0) is 18.9 Å². The van der Waals surface area contributed by atoms with Crippen molar-refractivity contribution in [1.82, 2.24) is 9.88 Å². The Morgan fingerprint density at radius 2 is 2.18 bits per heavy atom. The van der Waals surface area contributed by atoms with Gasteiger partial charge in [-0.2, -0.15) is 0 Å². The third kappa shape index (κ3) is 3.58. The molecular formula is C13H19ClN2O. The van der Waals surface area contributed by atoms with E-state index >= 15 is 0 Å². The van der Waals surface area contributed by atoms with Crippen molar-refractivity contribution in [2.75, 3.05) is 6.54 Å². The number of rotatable bonds is 4. The van der Waals surface area contributed by atoms with Crippen molar-refractivity contribution in [3.8, 4) is 0 Å². The van der Waals surface area contributed by atoms with Gasteiger partial charge in [-0.3, -0.25) is 4.79 Å². The molecule has 1 aliphatic rings. The Morgan fingerprint density at radius 1 is 1.35 bits per heavy atom. The van der Waals surface area contributed by atoms with E-state index in [2.05, 4.69) is 5.32 Å². The van der Waals surface area contributed by atoms with E-state index in [9.17, 15) is 4.79 Å². The van der Waals surface area contributed by atoms with Crippen molar-refractivity contribution in [3.63, 3.8) is 0 Å². The number of hydrogen-bond acceptors (Lipinski definition) is 2. The topological polar surface area (TPSA) is 34.0 Å². The SMILES string of the molecule is O=c1ccccn1CCNC1CCCCC1Cl. The Hall–Kier alpha value is -0.800. The second kappa shape index (κ2) is 6.22. The summed E-state index contributed by atoms with van der Waals surface area (Å²) < 4.78 is 1.72. The fraction of sp³-hybridized carbons (Fsp3) is 0.615. The average molecular weight is 255 g/mol. The van der Waals surface area contributed by atoms with Crippen LogP contribution in [-0.2, 0) is 6.54 Å². The molecule has 4 heteroatoms. The minimum Gasteiger partial charge on any atom is -0.314 e. The minimum absolute atomic E-state index is 0.0559. The van der Waals surface area contributed by atoms with Gasteiger partial charge in [0.1, 0.15) is 0 Å². The van der Waals surface area contributed by atoms with Crippen molar-refractivity contribution in [2.45, 2.75) is 43.6 Å². The monoisotopic (exact) mass is 254 g/mol. The highest BCUT2D eigenvalue weighted by atomic mass is 35.5. The van der Waals surface area contributed by atoms with Crippen LogP contribution in [0.5, 0.6) is 0 Å². The van der Waals surface area contributed by atoms with Crippen molar-refractivity contribution < 1.29 is 0 Å². The molecule has 1 N–H and O–H groups in total. The first-order valence-electron chi connectivity index (χ1n) is 6.30. The maximum Gasteiger partial charge on any atom is 0.250 e. The molecule has 1 aliphatic carbocycles. The maximum absolute atomic E-state index is 11.5. The minimum atomic E-state index is 0.0559. The normalized spacial score (nSPS) is 24.8. The predicted octanol–water partition coefficient (Wildman–Crippen LogP) is 1.99. The van der Waals surface area contributed by atoms with Gasteiger partial charge >= 0.3 is 0 Å². The van der Waals surface area contributed by atoms with Crippen LogP contribution in [0.15, 0.2) is 29.2 Å². The van der Waals surface area contributed by atoms with Crippen molar-refractivity contribution in [1.29, 1.82) is 0 Å². The molecule has 3 nitrogen and oxygen atoms in total. The highest BCUT2D eigenvalue weighted by Crippen LogP contribution is 2.22. The van der Waals surface area contributed by atoms with Crippen LogP contribution in [0.1, 0.15) is 25.7 Å². The third-order valence-corrected chi connectivity index (χ3v) is 3.86. The Morgan fingerprint density at radius 3 is 2.94 bits per heavy atom. The van der Waals surface area contributed by atoms with E-state index in [0.717, 1.165) is 19.4 Å². The van der Waals surface area contributed by atoms with E-state index in [4.69, 9.17) is 11.6 Å². The molecule has 0 radical (unpaired) electrons. The predicted molar refractivity (Wildman–Crippen MR) is 70.6 cm³/mol. The molecule has 1 aromatic rings. The number of pyridine rings is 1.